The van der Waals surface area contributed by atoms with Crippen LogP contribution in [0.1, 0.15) is 76.1 Å². The zero-order valence-electron chi connectivity index (χ0n) is 24.8. The van der Waals surface area contributed by atoms with Gasteiger partial charge in [-0.2, -0.15) is 0 Å². The highest BCUT2D eigenvalue weighted by atomic mass is 16.6. The lowest BCUT2D eigenvalue weighted by molar-refractivity contribution is -0.123. The number of amides is 3. The Morgan fingerprint density at radius 3 is 2.00 bits per heavy atom. The molecule has 0 radical (unpaired) electrons. The molecule has 216 valence electrons. The molecule has 0 unspecified atom stereocenters. The van der Waals surface area contributed by atoms with Crippen LogP contribution in [-0.4, -0.2) is 63.1 Å². The first-order valence-corrected chi connectivity index (χ1v) is 13.1. The average Bonchev–Trinajstić information content (AvgIpc) is 2.80. The number of hydrogen-bond acceptors (Lipinski definition) is 7. The minimum atomic E-state index is -0.795. The Hall–Kier alpha value is -3.17. The fraction of sp³-hybridized carbons (Fsp3) is 0.679. The van der Waals surface area contributed by atoms with E-state index in [1.165, 1.54) is 0 Å². The second-order valence-electron chi connectivity index (χ2n) is 10.6. The van der Waals surface area contributed by atoms with E-state index in [0.29, 0.717) is 32.2 Å². The van der Waals surface area contributed by atoms with Crippen LogP contribution >= 0.6 is 0 Å². The molecule has 1 aromatic rings. The molecule has 0 saturated heterocycles. The number of nitrogens with one attached hydrogen (secondary N) is 3. The molecule has 1 rings (SSSR count). The topological polar surface area (TPSA) is 124 Å². The van der Waals surface area contributed by atoms with Gasteiger partial charge in [0.15, 0.2) is 0 Å². The van der Waals surface area contributed by atoms with Crippen LogP contribution in [0.5, 0.6) is 11.5 Å². The molecule has 1 aromatic carbocycles. The summed E-state index contributed by atoms with van der Waals surface area (Å²) in [5.74, 6) is 1.34. The lowest BCUT2D eigenvalue weighted by Crippen LogP contribution is -2.49. The average molecular weight is 538 g/mol. The van der Waals surface area contributed by atoms with Gasteiger partial charge in [-0.3, -0.25) is 4.79 Å². The Kier molecular flexibility index (Phi) is 13.2. The molecule has 0 aliphatic heterocycles. The Morgan fingerprint density at radius 2 is 1.45 bits per heavy atom. The van der Waals surface area contributed by atoms with Crippen LogP contribution in [0.25, 0.3) is 0 Å². The fourth-order valence-corrected chi connectivity index (χ4v) is 4.10. The second kappa shape index (κ2) is 15.3. The summed E-state index contributed by atoms with van der Waals surface area (Å²) in [6, 6.07) is -0.882. The highest BCUT2D eigenvalue weighted by molar-refractivity contribution is 5.85. The van der Waals surface area contributed by atoms with Gasteiger partial charge in [0.05, 0.1) is 20.8 Å². The third kappa shape index (κ3) is 10.7. The molecule has 0 spiro atoms. The van der Waals surface area contributed by atoms with E-state index in [4.69, 9.17) is 18.9 Å². The molecule has 0 aliphatic rings. The third-order valence-corrected chi connectivity index (χ3v) is 5.90. The fourth-order valence-electron chi connectivity index (χ4n) is 4.10. The van der Waals surface area contributed by atoms with Gasteiger partial charge in [0.1, 0.15) is 23.1 Å². The quantitative estimate of drug-likeness (QED) is 0.317. The van der Waals surface area contributed by atoms with Crippen LogP contribution in [0.4, 0.5) is 9.59 Å². The Morgan fingerprint density at radius 1 is 0.842 bits per heavy atom. The molecule has 3 amide bonds. The molecule has 1 atom stereocenters. The third-order valence-electron chi connectivity index (χ3n) is 5.90. The number of hydrogen-bond donors (Lipinski definition) is 3. The van der Waals surface area contributed by atoms with E-state index in [0.717, 1.165) is 33.8 Å². The normalized spacial score (nSPS) is 12.0. The summed E-state index contributed by atoms with van der Waals surface area (Å²) in [4.78, 5) is 36.9. The van der Waals surface area contributed by atoms with Crippen molar-refractivity contribution >= 4 is 18.1 Å². The van der Waals surface area contributed by atoms with Crippen molar-refractivity contribution in [3.63, 3.8) is 0 Å². The summed E-state index contributed by atoms with van der Waals surface area (Å²) in [5, 5.41) is 8.12. The number of methoxy groups -OCH3 is 2. The van der Waals surface area contributed by atoms with E-state index in [2.05, 4.69) is 16.0 Å². The number of carbonyl (C=O) groups is 3. The summed E-state index contributed by atoms with van der Waals surface area (Å²) >= 11 is 0. The molecule has 0 saturated carbocycles. The van der Waals surface area contributed by atoms with Crippen molar-refractivity contribution in [2.45, 2.75) is 98.8 Å². The molecule has 0 aliphatic carbocycles. The van der Waals surface area contributed by atoms with Crippen LogP contribution in [0, 0.1) is 20.8 Å². The van der Waals surface area contributed by atoms with Crippen molar-refractivity contribution in [1.29, 1.82) is 0 Å². The van der Waals surface area contributed by atoms with Crippen LogP contribution in [0.15, 0.2) is 0 Å². The smallest absolute Gasteiger partial charge is 0.407 e. The summed E-state index contributed by atoms with van der Waals surface area (Å²) in [7, 11) is 3.30. The predicted molar refractivity (Wildman–Crippen MR) is 147 cm³/mol. The standard InChI is InChI=1S/C28H47N3O7/c1-17(2)30-25(32)22(14-11-15-29-26(33)38-28(6,7)8)31-27(34)37-16-12-13-21-20(5)23(35-9)18(3)19(4)24(21)36-10/h17,22H,11-16H2,1-10H3,(H,29,33)(H,30,32)(H,31,34)/t22-/m0/s1. The molecule has 0 aromatic heterocycles. The van der Waals surface area contributed by atoms with Crippen molar-refractivity contribution in [3.05, 3.63) is 22.3 Å². The molecule has 0 fully saturated rings. The van der Waals surface area contributed by atoms with Crippen molar-refractivity contribution < 1.29 is 33.3 Å². The molecular formula is C28H47N3O7. The van der Waals surface area contributed by atoms with Gasteiger partial charge in [-0.05, 0) is 97.8 Å². The maximum Gasteiger partial charge on any atom is 0.407 e. The maximum atomic E-state index is 12.6. The predicted octanol–water partition coefficient (Wildman–Crippen LogP) is 4.49. The number of ether oxygens (including phenoxy) is 4. The zero-order valence-corrected chi connectivity index (χ0v) is 24.8. The Bertz CT molecular complexity index is 955. The van der Waals surface area contributed by atoms with Gasteiger partial charge < -0.3 is 34.9 Å². The zero-order chi connectivity index (χ0) is 29.0. The van der Waals surface area contributed by atoms with Crippen molar-refractivity contribution in [2.75, 3.05) is 27.4 Å². The minimum absolute atomic E-state index is 0.0871. The highest BCUT2D eigenvalue weighted by Crippen LogP contribution is 2.38. The monoisotopic (exact) mass is 537 g/mol. The van der Waals surface area contributed by atoms with Gasteiger partial charge in [0.25, 0.3) is 0 Å². The van der Waals surface area contributed by atoms with Gasteiger partial charge in [0, 0.05) is 18.2 Å². The van der Waals surface area contributed by atoms with E-state index in [9.17, 15) is 14.4 Å². The number of alkyl carbamates (subject to hydrolysis) is 2. The lowest BCUT2D eigenvalue weighted by atomic mass is 9.94. The molecular weight excluding hydrogens is 490 g/mol. The number of benzene rings is 1. The van der Waals surface area contributed by atoms with Crippen LogP contribution in [-0.2, 0) is 20.7 Å². The van der Waals surface area contributed by atoms with E-state index < -0.39 is 23.8 Å². The van der Waals surface area contributed by atoms with Gasteiger partial charge in [0.2, 0.25) is 5.91 Å². The SMILES string of the molecule is COc1c(C)c(C)c(OC)c(CCCOC(=O)N[C@@H](CCCNC(=O)OC(C)(C)C)C(=O)NC(C)C)c1C. The molecule has 3 N–H and O–H groups in total. The van der Waals surface area contributed by atoms with Crippen LogP contribution < -0.4 is 25.4 Å². The van der Waals surface area contributed by atoms with Gasteiger partial charge in [-0.15, -0.1) is 0 Å². The summed E-state index contributed by atoms with van der Waals surface area (Å²) in [6.07, 6.45) is 0.787. The molecule has 0 bridgehead atoms. The first kappa shape index (κ1) is 32.9. The van der Waals surface area contributed by atoms with Crippen molar-refractivity contribution in [3.8, 4) is 11.5 Å². The molecule has 38 heavy (non-hydrogen) atoms. The summed E-state index contributed by atoms with van der Waals surface area (Å²) < 4.78 is 21.8. The Balaban J connectivity index is 2.67. The van der Waals surface area contributed by atoms with Crippen molar-refractivity contribution in [2.24, 2.45) is 0 Å². The van der Waals surface area contributed by atoms with E-state index in [-0.39, 0.29) is 18.6 Å². The first-order chi connectivity index (χ1) is 17.7. The van der Waals surface area contributed by atoms with Gasteiger partial charge >= 0.3 is 12.2 Å². The highest BCUT2D eigenvalue weighted by Gasteiger charge is 2.23. The molecule has 0 heterocycles. The van der Waals surface area contributed by atoms with E-state index in [1.807, 2.05) is 34.6 Å². The van der Waals surface area contributed by atoms with Crippen LogP contribution in [0.3, 0.4) is 0 Å². The lowest BCUT2D eigenvalue weighted by Gasteiger charge is -2.21. The number of rotatable bonds is 13. The van der Waals surface area contributed by atoms with Crippen LogP contribution in [0.2, 0.25) is 0 Å². The number of carbonyl (C=O) groups excluding carboxylic acids is 3. The van der Waals surface area contributed by atoms with E-state index in [1.54, 1.807) is 35.0 Å². The largest absolute Gasteiger partial charge is 0.496 e. The molecule has 10 nitrogen and oxygen atoms in total. The van der Waals surface area contributed by atoms with Gasteiger partial charge in [-0.25, -0.2) is 9.59 Å². The summed E-state index contributed by atoms with van der Waals surface area (Å²) in [5.41, 5.74) is 3.48. The minimum Gasteiger partial charge on any atom is -0.496 e. The first-order valence-electron chi connectivity index (χ1n) is 13.1. The second-order valence-corrected chi connectivity index (χ2v) is 10.6. The molecule has 10 heteroatoms. The van der Waals surface area contributed by atoms with Gasteiger partial charge in [-0.1, -0.05) is 0 Å². The van der Waals surface area contributed by atoms with Crippen molar-refractivity contribution in [1.82, 2.24) is 16.0 Å². The summed E-state index contributed by atoms with van der Waals surface area (Å²) in [6.45, 7) is 15.5. The van der Waals surface area contributed by atoms with E-state index >= 15 is 0 Å². The Labute approximate surface area is 227 Å². The maximum absolute atomic E-state index is 12.6.